The van der Waals surface area contributed by atoms with Crippen LogP contribution in [0.2, 0.25) is 0 Å². The molecule has 0 aliphatic carbocycles. The van der Waals surface area contributed by atoms with Crippen LogP contribution in [-0.2, 0) is 19.5 Å². The number of methoxy groups -OCH3 is 1. The molecule has 2 heterocycles. The Bertz CT molecular complexity index is 991. The van der Waals surface area contributed by atoms with Crippen molar-refractivity contribution in [3.05, 3.63) is 65.5 Å². The highest BCUT2D eigenvalue weighted by Gasteiger charge is 2.17. The van der Waals surface area contributed by atoms with Crippen LogP contribution in [0.5, 0.6) is 5.75 Å². The number of aromatic nitrogens is 5. The lowest BCUT2D eigenvalue weighted by Gasteiger charge is -2.10. The van der Waals surface area contributed by atoms with Crippen molar-refractivity contribution in [3.8, 4) is 5.75 Å². The van der Waals surface area contributed by atoms with Gasteiger partial charge in [0.15, 0.2) is 5.78 Å². The van der Waals surface area contributed by atoms with Gasteiger partial charge in [-0.15, -0.1) is 11.7 Å². The number of nitrogens with zero attached hydrogens (tertiary/aromatic N) is 5. The first-order valence-corrected chi connectivity index (χ1v) is 10.3. The molecule has 1 aromatic carbocycles. The van der Waals surface area contributed by atoms with Crippen molar-refractivity contribution >= 4 is 17.5 Å². The number of aryl methyl sites for hydroxylation is 2. The molecule has 0 aliphatic heterocycles. The largest absolute Gasteiger partial charge is 0.497 e. The van der Waals surface area contributed by atoms with Crippen LogP contribution >= 0.6 is 11.8 Å². The van der Waals surface area contributed by atoms with E-state index in [2.05, 4.69) is 38.8 Å². The van der Waals surface area contributed by atoms with Crippen molar-refractivity contribution in [3.63, 3.8) is 0 Å². The molecule has 0 fully saturated rings. The van der Waals surface area contributed by atoms with E-state index >= 15 is 0 Å². The number of ether oxygens (including phenoxy) is 1. The standard InChI is InChI=1S/C21H25N5O2S/c1-5-11-26-21(22-23-24-26)29-14-20(27)19-13-15(2)25(16(19)3)12-10-17-6-8-18(28-4)9-7-17/h5-9,13H,1,10-12,14H2,2-4H3. The molecule has 7 nitrogen and oxygen atoms in total. The first-order valence-electron chi connectivity index (χ1n) is 9.36. The summed E-state index contributed by atoms with van der Waals surface area (Å²) in [6, 6.07) is 10.1. The predicted molar refractivity (Wildman–Crippen MR) is 114 cm³/mol. The first kappa shape index (κ1) is 20.9. The van der Waals surface area contributed by atoms with Gasteiger partial charge in [0.1, 0.15) is 5.75 Å². The Kier molecular flexibility index (Phi) is 6.87. The molecule has 152 valence electrons. The van der Waals surface area contributed by atoms with Gasteiger partial charge in [-0.3, -0.25) is 4.79 Å². The molecule has 0 aliphatic rings. The van der Waals surface area contributed by atoms with Crippen molar-refractivity contribution in [1.29, 1.82) is 0 Å². The molecule has 8 heteroatoms. The fraction of sp³-hybridized carbons (Fsp3) is 0.333. The fourth-order valence-electron chi connectivity index (χ4n) is 3.21. The van der Waals surface area contributed by atoms with Crippen molar-refractivity contribution in [2.45, 2.75) is 38.5 Å². The molecule has 0 radical (unpaired) electrons. The molecule has 0 saturated heterocycles. The summed E-state index contributed by atoms with van der Waals surface area (Å²) in [6.45, 7) is 9.07. The van der Waals surface area contributed by atoms with Gasteiger partial charge in [0.05, 0.1) is 19.4 Å². The first-order chi connectivity index (χ1) is 14.0. The maximum Gasteiger partial charge on any atom is 0.210 e. The molecular weight excluding hydrogens is 386 g/mol. The third kappa shape index (κ3) is 4.95. The average Bonchev–Trinajstić information content (AvgIpc) is 3.29. The number of thioether (sulfide) groups is 1. The molecule has 0 saturated carbocycles. The Morgan fingerprint density at radius 2 is 2.03 bits per heavy atom. The monoisotopic (exact) mass is 411 g/mol. The number of hydrogen-bond acceptors (Lipinski definition) is 6. The summed E-state index contributed by atoms with van der Waals surface area (Å²) in [5, 5.41) is 12.1. The lowest BCUT2D eigenvalue weighted by atomic mass is 10.1. The minimum atomic E-state index is 0.0759. The van der Waals surface area contributed by atoms with Gasteiger partial charge >= 0.3 is 0 Å². The van der Waals surface area contributed by atoms with Crippen LogP contribution < -0.4 is 4.74 Å². The molecular formula is C21H25N5O2S. The van der Waals surface area contributed by atoms with Crippen molar-refractivity contribution in [1.82, 2.24) is 24.8 Å². The van der Waals surface area contributed by atoms with Crippen LogP contribution in [0.3, 0.4) is 0 Å². The zero-order valence-corrected chi connectivity index (χ0v) is 17.8. The maximum absolute atomic E-state index is 12.8. The van der Waals surface area contributed by atoms with Gasteiger partial charge in [0, 0.05) is 23.5 Å². The zero-order valence-electron chi connectivity index (χ0n) is 17.0. The number of Topliss-reactive ketones (excluding diaryl/α,β-unsaturated/α-hetero) is 1. The third-order valence-electron chi connectivity index (χ3n) is 4.79. The van der Waals surface area contributed by atoms with E-state index in [1.807, 2.05) is 32.0 Å². The SMILES string of the molecule is C=CCn1nnnc1SCC(=O)c1cc(C)n(CCc2ccc(OC)cc2)c1C. The minimum Gasteiger partial charge on any atom is -0.497 e. The molecule has 29 heavy (non-hydrogen) atoms. The van der Waals surface area contributed by atoms with Gasteiger partial charge in [-0.2, -0.15) is 0 Å². The Hall–Kier alpha value is -2.87. The number of allylic oxidation sites excluding steroid dienone is 1. The number of carbonyl (C=O) groups excluding carboxylic acids is 1. The quantitative estimate of drug-likeness (QED) is 0.289. The fourth-order valence-corrected chi connectivity index (χ4v) is 3.98. The van der Waals surface area contributed by atoms with E-state index in [-0.39, 0.29) is 5.78 Å². The Morgan fingerprint density at radius 1 is 1.28 bits per heavy atom. The molecule has 0 N–H and O–H groups in total. The second-order valence-corrected chi connectivity index (χ2v) is 7.62. The number of hydrogen-bond donors (Lipinski definition) is 0. The van der Waals surface area contributed by atoms with E-state index in [1.54, 1.807) is 17.9 Å². The van der Waals surface area contributed by atoms with Gasteiger partial charge < -0.3 is 9.30 Å². The summed E-state index contributed by atoms with van der Waals surface area (Å²) in [5.41, 5.74) is 4.07. The average molecular weight is 412 g/mol. The van der Waals surface area contributed by atoms with Gasteiger partial charge in [-0.25, -0.2) is 4.68 Å². The van der Waals surface area contributed by atoms with Crippen molar-refractivity contribution < 1.29 is 9.53 Å². The van der Waals surface area contributed by atoms with E-state index in [0.29, 0.717) is 17.5 Å². The van der Waals surface area contributed by atoms with Gasteiger partial charge in [0.2, 0.25) is 5.16 Å². The number of ketones is 1. The lowest BCUT2D eigenvalue weighted by Crippen LogP contribution is -2.09. The van der Waals surface area contributed by atoms with Crippen LogP contribution in [0.4, 0.5) is 0 Å². The predicted octanol–water partition coefficient (Wildman–Crippen LogP) is 3.50. The van der Waals surface area contributed by atoms with Crippen LogP contribution in [-0.4, -0.2) is 43.4 Å². The van der Waals surface area contributed by atoms with Crippen molar-refractivity contribution in [2.75, 3.05) is 12.9 Å². The van der Waals surface area contributed by atoms with E-state index in [9.17, 15) is 4.79 Å². The molecule has 0 bridgehead atoms. The van der Waals surface area contributed by atoms with Gasteiger partial charge in [-0.05, 0) is 54.5 Å². The molecule has 0 amide bonds. The van der Waals surface area contributed by atoms with Crippen LogP contribution in [0.1, 0.15) is 27.3 Å². The smallest absolute Gasteiger partial charge is 0.210 e. The molecule has 3 aromatic rings. The molecule has 0 spiro atoms. The topological polar surface area (TPSA) is 74.8 Å². The Morgan fingerprint density at radius 3 is 2.72 bits per heavy atom. The second kappa shape index (κ2) is 9.56. The molecule has 0 atom stereocenters. The summed E-state index contributed by atoms with van der Waals surface area (Å²) in [4.78, 5) is 12.8. The van der Waals surface area contributed by atoms with Crippen LogP contribution in [0.25, 0.3) is 0 Å². The summed E-state index contributed by atoms with van der Waals surface area (Å²) in [6.07, 6.45) is 2.61. The van der Waals surface area contributed by atoms with Crippen LogP contribution in [0.15, 0.2) is 48.1 Å². The second-order valence-electron chi connectivity index (χ2n) is 6.68. The Labute approximate surface area is 174 Å². The van der Waals surface area contributed by atoms with E-state index < -0.39 is 0 Å². The van der Waals surface area contributed by atoms with E-state index in [1.165, 1.54) is 17.3 Å². The van der Waals surface area contributed by atoms with Crippen LogP contribution in [0, 0.1) is 13.8 Å². The normalized spacial score (nSPS) is 10.9. The van der Waals surface area contributed by atoms with Gasteiger partial charge in [-0.1, -0.05) is 30.0 Å². The minimum absolute atomic E-state index is 0.0759. The number of carbonyl (C=O) groups is 1. The summed E-state index contributed by atoms with van der Waals surface area (Å²) in [7, 11) is 1.66. The number of tetrazole rings is 1. The van der Waals surface area contributed by atoms with Crippen molar-refractivity contribution in [2.24, 2.45) is 0 Å². The summed E-state index contributed by atoms with van der Waals surface area (Å²) >= 11 is 1.34. The van der Waals surface area contributed by atoms with E-state index in [4.69, 9.17) is 4.74 Å². The maximum atomic E-state index is 12.8. The Balaban J connectivity index is 1.65. The summed E-state index contributed by atoms with van der Waals surface area (Å²) < 4.78 is 9.03. The lowest BCUT2D eigenvalue weighted by molar-refractivity contribution is 0.102. The number of benzene rings is 1. The van der Waals surface area contributed by atoms with E-state index in [0.717, 1.165) is 35.7 Å². The molecule has 0 unspecified atom stereocenters. The zero-order chi connectivity index (χ0) is 20.8. The summed E-state index contributed by atoms with van der Waals surface area (Å²) in [5.74, 6) is 1.22. The highest BCUT2D eigenvalue weighted by Crippen LogP contribution is 2.21. The number of rotatable bonds is 10. The molecule has 3 rings (SSSR count). The highest BCUT2D eigenvalue weighted by molar-refractivity contribution is 7.99. The molecule has 2 aromatic heterocycles. The third-order valence-corrected chi connectivity index (χ3v) is 5.75. The van der Waals surface area contributed by atoms with Gasteiger partial charge in [0.25, 0.3) is 0 Å². The highest BCUT2D eigenvalue weighted by atomic mass is 32.2.